The van der Waals surface area contributed by atoms with Crippen LogP contribution in [-0.4, -0.2) is 10.9 Å². The summed E-state index contributed by atoms with van der Waals surface area (Å²) < 4.78 is 13.2. The molecule has 4 nitrogen and oxygen atoms in total. The van der Waals surface area contributed by atoms with E-state index in [4.69, 9.17) is 17.3 Å². The zero-order valence-corrected chi connectivity index (χ0v) is 11.9. The number of carbonyl (C=O) groups is 1. The Morgan fingerprint density at radius 1 is 1.50 bits per heavy atom. The predicted molar refractivity (Wildman–Crippen MR) is 76.2 cm³/mol. The average molecular weight is 312 g/mol. The third-order valence-corrected chi connectivity index (χ3v) is 4.61. The van der Waals surface area contributed by atoms with Crippen molar-refractivity contribution in [3.63, 3.8) is 0 Å². The lowest BCUT2D eigenvalue weighted by atomic mass is 9.93. The number of carbonyl (C=O) groups excluding carboxylic acids is 1. The standard InChI is InChI=1S/C13H11ClFN3OS/c14-9-3-6(15)1-2-7(9)8-4-11(19)17-5-10-12(8)20-13(16)18-10/h1-3,8H,4-5H2,(H2,16,18)(H,17,19)/t8-/m0/s1. The molecule has 0 aliphatic carbocycles. The SMILES string of the molecule is Nc1nc2c(s1)[C@H](c1ccc(F)cc1Cl)CC(=O)NC2. The molecular formula is C13H11ClFN3OS. The number of nitrogens with one attached hydrogen (secondary N) is 1. The lowest BCUT2D eigenvalue weighted by molar-refractivity contribution is -0.121. The van der Waals surface area contributed by atoms with Crippen LogP contribution in [0, 0.1) is 5.82 Å². The zero-order valence-electron chi connectivity index (χ0n) is 10.3. The number of hydrogen-bond acceptors (Lipinski definition) is 4. The molecule has 1 atom stereocenters. The van der Waals surface area contributed by atoms with E-state index in [1.165, 1.54) is 23.5 Å². The van der Waals surface area contributed by atoms with Gasteiger partial charge in [0.1, 0.15) is 5.82 Å². The number of nitrogens with zero attached hydrogens (tertiary/aromatic N) is 1. The molecule has 3 rings (SSSR count). The van der Waals surface area contributed by atoms with E-state index in [0.29, 0.717) is 16.7 Å². The number of anilines is 1. The molecule has 7 heteroatoms. The van der Waals surface area contributed by atoms with Gasteiger partial charge >= 0.3 is 0 Å². The van der Waals surface area contributed by atoms with Gasteiger partial charge in [0.15, 0.2) is 5.13 Å². The summed E-state index contributed by atoms with van der Waals surface area (Å²) in [4.78, 5) is 17.0. The Bertz CT molecular complexity index is 688. The van der Waals surface area contributed by atoms with Crippen LogP contribution in [0.15, 0.2) is 18.2 Å². The van der Waals surface area contributed by atoms with Crippen LogP contribution in [0.4, 0.5) is 9.52 Å². The van der Waals surface area contributed by atoms with Crippen LogP contribution in [0.2, 0.25) is 5.02 Å². The van der Waals surface area contributed by atoms with Crippen LogP contribution in [0.1, 0.15) is 28.5 Å². The summed E-state index contributed by atoms with van der Waals surface area (Å²) in [5.41, 5.74) is 7.22. The molecule has 2 aromatic rings. The van der Waals surface area contributed by atoms with E-state index in [2.05, 4.69) is 10.3 Å². The number of benzene rings is 1. The van der Waals surface area contributed by atoms with Crippen molar-refractivity contribution in [1.29, 1.82) is 0 Å². The molecule has 1 aromatic carbocycles. The smallest absolute Gasteiger partial charge is 0.221 e. The summed E-state index contributed by atoms with van der Waals surface area (Å²) in [5, 5.41) is 3.54. The van der Waals surface area contributed by atoms with Crippen molar-refractivity contribution in [3.8, 4) is 0 Å². The summed E-state index contributed by atoms with van der Waals surface area (Å²) in [6.45, 7) is 0.358. The largest absolute Gasteiger partial charge is 0.375 e. The van der Waals surface area contributed by atoms with Crippen LogP contribution >= 0.6 is 22.9 Å². The van der Waals surface area contributed by atoms with Gasteiger partial charge in [0.05, 0.1) is 12.2 Å². The Morgan fingerprint density at radius 3 is 3.05 bits per heavy atom. The molecule has 0 unspecified atom stereocenters. The quantitative estimate of drug-likeness (QED) is 0.851. The summed E-state index contributed by atoms with van der Waals surface area (Å²) in [7, 11) is 0. The summed E-state index contributed by atoms with van der Waals surface area (Å²) in [5.74, 6) is -0.726. The third kappa shape index (κ3) is 2.36. The number of fused-ring (bicyclic) bond motifs is 1. The van der Waals surface area contributed by atoms with E-state index in [-0.39, 0.29) is 18.2 Å². The molecule has 104 valence electrons. The molecule has 1 amide bonds. The normalized spacial score (nSPS) is 18.3. The van der Waals surface area contributed by atoms with Gasteiger partial charge in [0, 0.05) is 22.2 Å². The molecule has 0 radical (unpaired) electrons. The maximum absolute atomic E-state index is 13.2. The van der Waals surface area contributed by atoms with Crippen molar-refractivity contribution in [2.75, 3.05) is 5.73 Å². The molecule has 1 aromatic heterocycles. The lowest BCUT2D eigenvalue weighted by Gasteiger charge is -2.15. The molecule has 0 bridgehead atoms. The number of rotatable bonds is 1. The minimum absolute atomic E-state index is 0.0841. The van der Waals surface area contributed by atoms with Gasteiger partial charge in [-0.1, -0.05) is 17.7 Å². The predicted octanol–water partition coefficient (Wildman–Crippen LogP) is 2.67. The van der Waals surface area contributed by atoms with Gasteiger partial charge in [0.2, 0.25) is 5.91 Å². The molecule has 0 fully saturated rings. The Kier molecular flexibility index (Phi) is 3.35. The van der Waals surface area contributed by atoms with Gasteiger partial charge in [-0.05, 0) is 17.7 Å². The summed E-state index contributed by atoms with van der Waals surface area (Å²) in [6.07, 6.45) is 0.250. The minimum Gasteiger partial charge on any atom is -0.375 e. The number of nitrogen functional groups attached to an aromatic ring is 1. The second-order valence-electron chi connectivity index (χ2n) is 4.56. The highest BCUT2D eigenvalue weighted by Crippen LogP contribution is 2.39. The van der Waals surface area contributed by atoms with E-state index in [1.54, 1.807) is 6.07 Å². The summed E-state index contributed by atoms with van der Waals surface area (Å²) >= 11 is 7.46. The van der Waals surface area contributed by atoms with E-state index in [1.807, 2.05) is 0 Å². The zero-order chi connectivity index (χ0) is 14.3. The fourth-order valence-corrected chi connectivity index (χ4v) is 3.62. The molecule has 1 aliphatic rings. The Hall–Kier alpha value is -1.66. The third-order valence-electron chi connectivity index (χ3n) is 3.24. The highest BCUT2D eigenvalue weighted by Gasteiger charge is 2.29. The summed E-state index contributed by atoms with van der Waals surface area (Å²) in [6, 6.07) is 4.21. The van der Waals surface area contributed by atoms with Crippen LogP contribution in [0.25, 0.3) is 0 Å². The molecule has 3 N–H and O–H groups in total. The van der Waals surface area contributed by atoms with Gasteiger partial charge in [-0.2, -0.15) is 0 Å². The van der Waals surface area contributed by atoms with Crippen LogP contribution in [0.5, 0.6) is 0 Å². The van der Waals surface area contributed by atoms with Gasteiger partial charge in [0.25, 0.3) is 0 Å². The van der Waals surface area contributed by atoms with Gasteiger partial charge < -0.3 is 11.1 Å². The van der Waals surface area contributed by atoms with Crippen LogP contribution in [0.3, 0.4) is 0 Å². The number of aromatic nitrogens is 1. The van der Waals surface area contributed by atoms with Crippen molar-refractivity contribution in [2.24, 2.45) is 0 Å². The number of amides is 1. The van der Waals surface area contributed by atoms with Crippen molar-refractivity contribution >= 4 is 34.0 Å². The van der Waals surface area contributed by atoms with Crippen LogP contribution < -0.4 is 11.1 Å². The van der Waals surface area contributed by atoms with Crippen molar-refractivity contribution < 1.29 is 9.18 Å². The van der Waals surface area contributed by atoms with E-state index < -0.39 is 5.82 Å². The highest BCUT2D eigenvalue weighted by molar-refractivity contribution is 7.15. The lowest BCUT2D eigenvalue weighted by Crippen LogP contribution is -2.21. The maximum atomic E-state index is 13.2. The molecule has 0 spiro atoms. The van der Waals surface area contributed by atoms with E-state index in [0.717, 1.165) is 16.1 Å². The molecule has 1 aliphatic heterocycles. The first-order valence-corrected chi connectivity index (χ1v) is 7.20. The van der Waals surface area contributed by atoms with Gasteiger partial charge in [-0.15, -0.1) is 11.3 Å². The minimum atomic E-state index is -0.402. The molecule has 2 heterocycles. The van der Waals surface area contributed by atoms with Crippen molar-refractivity contribution in [3.05, 3.63) is 45.2 Å². The van der Waals surface area contributed by atoms with Crippen molar-refractivity contribution in [2.45, 2.75) is 18.9 Å². The Balaban J connectivity index is 2.12. The molecular weight excluding hydrogens is 301 g/mol. The molecule has 20 heavy (non-hydrogen) atoms. The fourth-order valence-electron chi connectivity index (χ4n) is 2.35. The van der Waals surface area contributed by atoms with Gasteiger partial charge in [-0.25, -0.2) is 9.37 Å². The Labute approximate surface area is 123 Å². The molecule has 0 saturated carbocycles. The number of hydrogen-bond donors (Lipinski definition) is 2. The first-order valence-electron chi connectivity index (χ1n) is 6.01. The van der Waals surface area contributed by atoms with Crippen molar-refractivity contribution in [1.82, 2.24) is 10.3 Å². The molecule has 0 saturated heterocycles. The highest BCUT2D eigenvalue weighted by atomic mass is 35.5. The van der Waals surface area contributed by atoms with E-state index >= 15 is 0 Å². The average Bonchev–Trinajstić information content (AvgIpc) is 2.68. The first kappa shape index (κ1) is 13.3. The Morgan fingerprint density at radius 2 is 2.30 bits per heavy atom. The monoisotopic (exact) mass is 311 g/mol. The van der Waals surface area contributed by atoms with Gasteiger partial charge in [-0.3, -0.25) is 4.79 Å². The van der Waals surface area contributed by atoms with E-state index in [9.17, 15) is 9.18 Å². The first-order chi connectivity index (χ1) is 9.54. The van der Waals surface area contributed by atoms with Crippen LogP contribution in [-0.2, 0) is 11.3 Å². The topological polar surface area (TPSA) is 68.0 Å². The second kappa shape index (κ2) is 5.03. The fraction of sp³-hybridized carbons (Fsp3) is 0.231. The number of thiazole rings is 1. The second-order valence-corrected chi connectivity index (χ2v) is 6.03. The number of nitrogens with two attached hydrogens (primary N) is 1. The maximum Gasteiger partial charge on any atom is 0.221 e. The number of halogens is 2.